The minimum atomic E-state index is -0.883. The maximum atomic E-state index is 10.5. The Kier molecular flexibility index (Phi) is 4.78. The van der Waals surface area contributed by atoms with Crippen molar-refractivity contribution in [2.45, 2.75) is 56.5 Å². The maximum absolute atomic E-state index is 10.5. The number of carbonyl (C=O) groups is 1. The third-order valence-corrected chi connectivity index (χ3v) is 4.97. The van der Waals surface area contributed by atoms with Crippen LogP contribution in [0.25, 0.3) is 0 Å². The Bertz CT molecular complexity index is 351. The van der Waals surface area contributed by atoms with Crippen molar-refractivity contribution in [1.29, 1.82) is 0 Å². The van der Waals surface area contributed by atoms with E-state index in [1.807, 2.05) is 0 Å². The van der Waals surface area contributed by atoms with Gasteiger partial charge in [-0.25, -0.2) is 4.79 Å². The first kappa shape index (κ1) is 15.2. The molecule has 0 aromatic rings. The van der Waals surface area contributed by atoms with Crippen LogP contribution in [0.4, 0.5) is 0 Å². The molecule has 6 heteroatoms. The van der Waals surface area contributed by atoms with Crippen LogP contribution in [0.5, 0.6) is 0 Å². The smallest absolute Gasteiger partial charge is 0.329 e. The first-order valence-electron chi connectivity index (χ1n) is 8.02. The van der Waals surface area contributed by atoms with Crippen LogP contribution < -0.4 is 0 Å². The summed E-state index contributed by atoms with van der Waals surface area (Å²) < 4.78 is 16.9. The standard InChI is InChI=1S/C15H25NO5/c17-14(18)11-19-13-3-7-16(8-4-13)12-1-5-15(6-2-12)20-9-10-21-15/h12-13H,1-11H2,(H,17,18). The molecule has 1 saturated carbocycles. The van der Waals surface area contributed by atoms with Crippen molar-refractivity contribution in [2.24, 2.45) is 0 Å². The van der Waals surface area contributed by atoms with Gasteiger partial charge < -0.3 is 24.2 Å². The van der Waals surface area contributed by atoms with Gasteiger partial charge in [0.05, 0.1) is 19.3 Å². The number of carboxylic acids is 1. The van der Waals surface area contributed by atoms with E-state index in [-0.39, 0.29) is 18.5 Å². The SMILES string of the molecule is O=C(O)COC1CCN(C2CCC3(CC2)OCCO3)CC1. The van der Waals surface area contributed by atoms with Gasteiger partial charge in [0.25, 0.3) is 0 Å². The van der Waals surface area contributed by atoms with Crippen molar-refractivity contribution >= 4 is 5.97 Å². The second-order valence-corrected chi connectivity index (χ2v) is 6.28. The Balaban J connectivity index is 1.40. The third kappa shape index (κ3) is 3.74. The molecule has 2 saturated heterocycles. The fourth-order valence-electron chi connectivity index (χ4n) is 3.79. The molecule has 1 spiro atoms. The number of aliphatic carboxylic acids is 1. The van der Waals surface area contributed by atoms with Gasteiger partial charge >= 0.3 is 5.97 Å². The fourth-order valence-corrected chi connectivity index (χ4v) is 3.79. The molecule has 0 radical (unpaired) electrons. The summed E-state index contributed by atoms with van der Waals surface area (Å²) in [7, 11) is 0. The van der Waals surface area contributed by atoms with Gasteiger partial charge in [-0.3, -0.25) is 0 Å². The summed E-state index contributed by atoms with van der Waals surface area (Å²) in [5.74, 6) is -1.16. The van der Waals surface area contributed by atoms with Crippen LogP contribution in [-0.2, 0) is 19.0 Å². The molecule has 3 rings (SSSR count). The quantitative estimate of drug-likeness (QED) is 0.842. The monoisotopic (exact) mass is 299 g/mol. The van der Waals surface area contributed by atoms with E-state index in [9.17, 15) is 4.79 Å². The lowest BCUT2D eigenvalue weighted by Gasteiger charge is -2.42. The van der Waals surface area contributed by atoms with E-state index in [1.165, 1.54) is 0 Å². The van der Waals surface area contributed by atoms with E-state index in [4.69, 9.17) is 19.3 Å². The van der Waals surface area contributed by atoms with Crippen LogP contribution in [-0.4, -0.2) is 66.8 Å². The van der Waals surface area contributed by atoms with Gasteiger partial charge in [0.15, 0.2) is 5.79 Å². The minimum Gasteiger partial charge on any atom is -0.480 e. The van der Waals surface area contributed by atoms with Gasteiger partial charge in [-0.2, -0.15) is 0 Å². The number of likely N-dealkylation sites (tertiary alicyclic amines) is 1. The van der Waals surface area contributed by atoms with E-state index in [1.54, 1.807) is 0 Å². The van der Waals surface area contributed by atoms with Crippen molar-refractivity contribution in [3.05, 3.63) is 0 Å². The van der Waals surface area contributed by atoms with Crippen LogP contribution in [0.2, 0.25) is 0 Å². The topological polar surface area (TPSA) is 68.2 Å². The third-order valence-electron chi connectivity index (χ3n) is 4.97. The molecule has 21 heavy (non-hydrogen) atoms. The molecule has 2 heterocycles. The summed E-state index contributed by atoms with van der Waals surface area (Å²) in [5, 5.41) is 8.64. The Morgan fingerprint density at radius 2 is 1.76 bits per heavy atom. The zero-order valence-electron chi connectivity index (χ0n) is 12.5. The van der Waals surface area contributed by atoms with Crippen LogP contribution in [0, 0.1) is 0 Å². The molecule has 1 N–H and O–H groups in total. The number of hydrogen-bond acceptors (Lipinski definition) is 5. The van der Waals surface area contributed by atoms with E-state index in [0.717, 1.165) is 64.8 Å². The van der Waals surface area contributed by atoms with Crippen molar-refractivity contribution in [1.82, 2.24) is 4.90 Å². The number of ether oxygens (including phenoxy) is 3. The Labute approximate surface area is 125 Å². The molecule has 6 nitrogen and oxygen atoms in total. The summed E-state index contributed by atoms with van der Waals surface area (Å²) in [6, 6.07) is 0.615. The lowest BCUT2D eigenvalue weighted by Crippen LogP contribution is -2.48. The second kappa shape index (κ2) is 6.60. The Hall–Kier alpha value is -0.690. The summed E-state index contributed by atoms with van der Waals surface area (Å²) in [6.45, 7) is 3.30. The molecular formula is C15H25NO5. The molecule has 3 aliphatic rings. The number of hydrogen-bond donors (Lipinski definition) is 1. The van der Waals surface area contributed by atoms with E-state index in [0.29, 0.717) is 6.04 Å². The van der Waals surface area contributed by atoms with E-state index < -0.39 is 5.97 Å². The highest BCUT2D eigenvalue weighted by Gasteiger charge is 2.41. The lowest BCUT2D eigenvalue weighted by atomic mass is 9.88. The summed E-state index contributed by atoms with van der Waals surface area (Å²) in [4.78, 5) is 13.0. The van der Waals surface area contributed by atoms with Gasteiger partial charge in [0.1, 0.15) is 6.61 Å². The van der Waals surface area contributed by atoms with Gasteiger partial charge in [-0.05, 0) is 25.7 Å². The molecule has 0 aromatic heterocycles. The highest BCUT2D eigenvalue weighted by Crippen LogP contribution is 2.37. The normalized spacial score (nSPS) is 28.2. The number of piperidine rings is 1. The molecule has 0 amide bonds. The number of rotatable bonds is 4. The zero-order valence-corrected chi connectivity index (χ0v) is 12.5. The van der Waals surface area contributed by atoms with Crippen LogP contribution in [0.3, 0.4) is 0 Å². The van der Waals surface area contributed by atoms with Crippen LogP contribution in [0.15, 0.2) is 0 Å². The average Bonchev–Trinajstić information content (AvgIpc) is 2.95. The number of carboxylic acid groups (broad SMARTS) is 1. The highest BCUT2D eigenvalue weighted by atomic mass is 16.7. The zero-order chi connectivity index (χ0) is 14.7. The largest absolute Gasteiger partial charge is 0.480 e. The van der Waals surface area contributed by atoms with Crippen LogP contribution in [0.1, 0.15) is 38.5 Å². The van der Waals surface area contributed by atoms with Crippen molar-refractivity contribution in [2.75, 3.05) is 32.9 Å². The molecule has 0 aromatic carbocycles. The second-order valence-electron chi connectivity index (χ2n) is 6.28. The fraction of sp³-hybridized carbons (Fsp3) is 0.933. The number of nitrogens with zero attached hydrogens (tertiary/aromatic N) is 1. The molecule has 0 unspecified atom stereocenters. The van der Waals surface area contributed by atoms with E-state index >= 15 is 0 Å². The van der Waals surface area contributed by atoms with E-state index in [2.05, 4.69) is 4.90 Å². The molecule has 0 atom stereocenters. The molecule has 0 bridgehead atoms. The summed E-state index contributed by atoms with van der Waals surface area (Å²) >= 11 is 0. The lowest BCUT2D eigenvalue weighted by molar-refractivity contribution is -0.185. The van der Waals surface area contributed by atoms with Gasteiger partial charge in [0.2, 0.25) is 0 Å². The Morgan fingerprint density at radius 3 is 2.33 bits per heavy atom. The molecule has 2 aliphatic heterocycles. The predicted molar refractivity (Wildman–Crippen MR) is 75.1 cm³/mol. The first-order chi connectivity index (χ1) is 10.2. The van der Waals surface area contributed by atoms with Gasteiger partial charge in [0, 0.05) is 32.0 Å². The predicted octanol–water partition coefficient (Wildman–Crippen LogP) is 1.24. The van der Waals surface area contributed by atoms with Gasteiger partial charge in [-0.15, -0.1) is 0 Å². The minimum absolute atomic E-state index is 0.105. The van der Waals surface area contributed by atoms with Crippen molar-refractivity contribution in [3.8, 4) is 0 Å². The summed E-state index contributed by atoms with van der Waals surface area (Å²) in [6.07, 6.45) is 6.21. The highest BCUT2D eigenvalue weighted by molar-refractivity contribution is 5.68. The van der Waals surface area contributed by atoms with Crippen molar-refractivity contribution < 1.29 is 24.1 Å². The molecular weight excluding hydrogens is 274 g/mol. The summed E-state index contributed by atoms with van der Waals surface area (Å²) in [5.41, 5.74) is 0. The van der Waals surface area contributed by atoms with Crippen LogP contribution >= 0.6 is 0 Å². The maximum Gasteiger partial charge on any atom is 0.329 e. The first-order valence-corrected chi connectivity index (χ1v) is 8.02. The molecule has 3 fully saturated rings. The van der Waals surface area contributed by atoms with Crippen molar-refractivity contribution in [3.63, 3.8) is 0 Å². The molecule has 1 aliphatic carbocycles. The average molecular weight is 299 g/mol. The molecule has 120 valence electrons. The Morgan fingerprint density at radius 1 is 1.14 bits per heavy atom. The van der Waals surface area contributed by atoms with Gasteiger partial charge in [-0.1, -0.05) is 0 Å².